The summed E-state index contributed by atoms with van der Waals surface area (Å²) in [7, 11) is 0. The first-order valence-electron chi connectivity index (χ1n) is 6.08. The van der Waals surface area contributed by atoms with Crippen LogP contribution in [0.15, 0.2) is 53.3 Å². The van der Waals surface area contributed by atoms with E-state index in [-0.39, 0.29) is 0 Å². The maximum absolute atomic E-state index is 8.85. The monoisotopic (exact) mass is 262 g/mol. The van der Waals surface area contributed by atoms with Gasteiger partial charge in [-0.2, -0.15) is 10.2 Å². The molecule has 0 N–H and O–H groups in total. The van der Waals surface area contributed by atoms with E-state index in [1.54, 1.807) is 12.4 Å². The summed E-state index contributed by atoms with van der Waals surface area (Å²) < 4.78 is 5.29. The van der Waals surface area contributed by atoms with Crippen LogP contribution in [0.3, 0.4) is 0 Å². The second kappa shape index (κ2) is 5.33. The summed E-state index contributed by atoms with van der Waals surface area (Å²) in [6.45, 7) is 0. The number of benzene rings is 1. The van der Waals surface area contributed by atoms with Crippen molar-refractivity contribution in [3.63, 3.8) is 0 Å². The van der Waals surface area contributed by atoms with E-state index >= 15 is 0 Å². The van der Waals surface area contributed by atoms with E-state index < -0.39 is 0 Å². The number of aromatic nitrogens is 3. The quantitative estimate of drug-likeness (QED) is 0.725. The summed E-state index contributed by atoms with van der Waals surface area (Å²) in [6.07, 6.45) is 3.67. The van der Waals surface area contributed by atoms with Gasteiger partial charge in [-0.1, -0.05) is 23.4 Å². The fraction of sp³-hybridized carbons (Fsp3) is 0.0667. The Bertz CT molecular complexity index is 759. The third kappa shape index (κ3) is 2.27. The molecule has 96 valence electrons. The molecule has 2 aromatic heterocycles. The van der Waals surface area contributed by atoms with Crippen molar-refractivity contribution < 1.29 is 4.52 Å². The van der Waals surface area contributed by atoms with Crippen LogP contribution in [0.2, 0.25) is 0 Å². The predicted molar refractivity (Wildman–Crippen MR) is 72.3 cm³/mol. The van der Waals surface area contributed by atoms with E-state index in [1.807, 2.05) is 36.4 Å². The first-order valence-corrected chi connectivity index (χ1v) is 6.08. The minimum absolute atomic E-state index is 0.306. The Balaban J connectivity index is 2.01. The summed E-state index contributed by atoms with van der Waals surface area (Å²) in [6, 6.07) is 13.3. The molecular formula is C15H10N4O. The zero-order chi connectivity index (χ0) is 13.8. The van der Waals surface area contributed by atoms with Crippen LogP contribution >= 0.6 is 0 Å². The second-order valence-electron chi connectivity index (χ2n) is 4.16. The van der Waals surface area contributed by atoms with Gasteiger partial charge in [-0.05, 0) is 23.8 Å². The van der Waals surface area contributed by atoms with Gasteiger partial charge in [0.05, 0.1) is 12.5 Å². The highest BCUT2D eigenvalue weighted by Crippen LogP contribution is 2.24. The van der Waals surface area contributed by atoms with Crippen LogP contribution in [0.4, 0.5) is 0 Å². The van der Waals surface area contributed by atoms with Crippen LogP contribution in [-0.4, -0.2) is 15.1 Å². The normalized spacial score (nSPS) is 10.2. The highest BCUT2D eigenvalue weighted by Gasteiger charge is 2.13. The zero-order valence-corrected chi connectivity index (χ0v) is 10.5. The van der Waals surface area contributed by atoms with Gasteiger partial charge in [-0.3, -0.25) is 4.98 Å². The van der Waals surface area contributed by atoms with Crippen molar-refractivity contribution in [2.24, 2.45) is 0 Å². The number of hydrogen-bond donors (Lipinski definition) is 0. The van der Waals surface area contributed by atoms with Gasteiger partial charge in [-0.15, -0.1) is 0 Å². The van der Waals surface area contributed by atoms with Gasteiger partial charge >= 0.3 is 0 Å². The average Bonchev–Trinajstić information content (AvgIpc) is 2.99. The topological polar surface area (TPSA) is 75.6 Å². The van der Waals surface area contributed by atoms with Crippen LogP contribution in [0, 0.1) is 11.3 Å². The third-order valence-corrected chi connectivity index (χ3v) is 2.86. The lowest BCUT2D eigenvalue weighted by Crippen LogP contribution is -1.88. The second-order valence-corrected chi connectivity index (χ2v) is 4.16. The third-order valence-electron chi connectivity index (χ3n) is 2.86. The number of hydrogen-bond acceptors (Lipinski definition) is 5. The van der Waals surface area contributed by atoms with Gasteiger partial charge in [0.2, 0.25) is 5.82 Å². The summed E-state index contributed by atoms with van der Waals surface area (Å²) in [5.74, 6) is 0.898. The molecule has 0 aliphatic rings. The fourth-order valence-corrected chi connectivity index (χ4v) is 1.91. The molecule has 0 aliphatic heterocycles. The van der Waals surface area contributed by atoms with Crippen LogP contribution < -0.4 is 0 Å². The Morgan fingerprint density at radius 3 is 2.85 bits per heavy atom. The molecule has 0 aliphatic carbocycles. The summed E-state index contributed by atoms with van der Waals surface area (Å²) in [5.41, 5.74) is 2.45. The Kier molecular flexibility index (Phi) is 3.21. The van der Waals surface area contributed by atoms with Gasteiger partial charge in [-0.25, -0.2) is 0 Å². The molecule has 3 rings (SSSR count). The highest BCUT2D eigenvalue weighted by atomic mass is 16.5. The van der Waals surface area contributed by atoms with Crippen LogP contribution in [-0.2, 0) is 6.42 Å². The first-order chi connectivity index (χ1) is 9.88. The average molecular weight is 262 g/mol. The maximum atomic E-state index is 8.85. The molecule has 3 aromatic rings. The lowest BCUT2D eigenvalue weighted by atomic mass is 10.1. The molecule has 0 fully saturated rings. The molecule has 0 spiro atoms. The largest absolute Gasteiger partial charge is 0.334 e. The van der Waals surface area contributed by atoms with E-state index in [0.29, 0.717) is 18.1 Å². The van der Waals surface area contributed by atoms with Gasteiger partial charge < -0.3 is 4.52 Å². The summed E-state index contributed by atoms with van der Waals surface area (Å²) in [4.78, 5) is 8.39. The first kappa shape index (κ1) is 12.1. The lowest BCUT2D eigenvalue weighted by molar-refractivity contribution is 0.432. The molecule has 5 heteroatoms. The van der Waals surface area contributed by atoms with E-state index in [9.17, 15) is 0 Å². The van der Waals surface area contributed by atoms with E-state index in [1.165, 1.54) is 0 Å². The van der Waals surface area contributed by atoms with Gasteiger partial charge in [0.25, 0.3) is 5.89 Å². The van der Waals surface area contributed by atoms with Crippen molar-refractivity contribution in [3.8, 4) is 28.9 Å². The minimum atomic E-state index is 0.306. The van der Waals surface area contributed by atoms with Crippen molar-refractivity contribution >= 4 is 0 Å². The van der Waals surface area contributed by atoms with E-state index in [0.717, 1.165) is 16.7 Å². The predicted octanol–water partition coefficient (Wildman–Crippen LogP) is 2.86. The molecule has 0 saturated carbocycles. The van der Waals surface area contributed by atoms with Crippen LogP contribution in [0.5, 0.6) is 0 Å². The zero-order valence-electron chi connectivity index (χ0n) is 10.5. The molecular weight excluding hydrogens is 252 g/mol. The van der Waals surface area contributed by atoms with Gasteiger partial charge in [0.1, 0.15) is 0 Å². The molecule has 20 heavy (non-hydrogen) atoms. The molecule has 0 saturated heterocycles. The highest BCUT2D eigenvalue weighted by molar-refractivity contribution is 5.62. The SMILES string of the molecule is N#CCc1ccccc1-c1nc(-c2cccnc2)no1. The van der Waals surface area contributed by atoms with Crippen molar-refractivity contribution in [2.45, 2.75) is 6.42 Å². The number of pyridine rings is 1. The molecule has 2 heterocycles. The molecule has 0 bridgehead atoms. The number of nitrogens with zero attached hydrogens (tertiary/aromatic N) is 4. The Morgan fingerprint density at radius 1 is 1.15 bits per heavy atom. The van der Waals surface area contributed by atoms with Crippen LogP contribution in [0.1, 0.15) is 5.56 Å². The summed E-state index contributed by atoms with van der Waals surface area (Å²) in [5, 5.41) is 12.8. The lowest BCUT2D eigenvalue weighted by Gasteiger charge is -2.00. The van der Waals surface area contributed by atoms with Crippen molar-refractivity contribution in [1.29, 1.82) is 5.26 Å². The van der Waals surface area contributed by atoms with Crippen LogP contribution in [0.25, 0.3) is 22.8 Å². The smallest absolute Gasteiger partial charge is 0.258 e. The Labute approximate surface area is 115 Å². The molecule has 1 aromatic carbocycles. The standard InChI is InChI=1S/C15H10N4O/c16-8-7-11-4-1-2-6-13(11)15-18-14(19-20-15)12-5-3-9-17-10-12/h1-6,9-10H,7H2. The minimum Gasteiger partial charge on any atom is -0.334 e. The van der Waals surface area contributed by atoms with Crippen molar-refractivity contribution in [2.75, 3.05) is 0 Å². The molecule has 0 amide bonds. The molecule has 0 unspecified atom stereocenters. The van der Waals surface area contributed by atoms with Crippen molar-refractivity contribution in [3.05, 3.63) is 54.4 Å². The van der Waals surface area contributed by atoms with E-state index in [2.05, 4.69) is 21.2 Å². The van der Waals surface area contributed by atoms with Gasteiger partial charge in [0, 0.05) is 23.5 Å². The number of nitriles is 1. The molecule has 0 radical (unpaired) electrons. The fourth-order valence-electron chi connectivity index (χ4n) is 1.91. The summed E-state index contributed by atoms with van der Waals surface area (Å²) >= 11 is 0. The van der Waals surface area contributed by atoms with E-state index in [4.69, 9.17) is 9.78 Å². The Morgan fingerprint density at radius 2 is 2.05 bits per heavy atom. The maximum Gasteiger partial charge on any atom is 0.258 e. The molecule has 0 atom stereocenters. The Hall–Kier alpha value is -3.00. The van der Waals surface area contributed by atoms with Crippen molar-refractivity contribution in [1.82, 2.24) is 15.1 Å². The van der Waals surface area contributed by atoms with Gasteiger partial charge in [0.15, 0.2) is 0 Å². The number of rotatable bonds is 3. The molecule has 5 nitrogen and oxygen atoms in total.